The minimum absolute atomic E-state index is 0.0444. The molecule has 10 heteroatoms. The number of ether oxygens (including phenoxy) is 3. The second-order valence-corrected chi connectivity index (χ2v) is 11.5. The lowest BCUT2D eigenvalue weighted by Gasteiger charge is -2.37. The average Bonchev–Trinajstić information content (AvgIpc) is 3.20. The largest absolute Gasteiger partial charge is 0.489 e. The van der Waals surface area contributed by atoms with Gasteiger partial charge < -0.3 is 19.3 Å². The Hall–Kier alpha value is -3.53. The molecule has 0 radical (unpaired) electrons. The van der Waals surface area contributed by atoms with Crippen molar-refractivity contribution in [2.75, 3.05) is 6.61 Å². The molecule has 0 spiro atoms. The molecule has 0 aromatic heterocycles. The minimum Gasteiger partial charge on any atom is -0.489 e. The van der Waals surface area contributed by atoms with E-state index >= 15 is 0 Å². The molecule has 2 aliphatic heterocycles. The zero-order valence-electron chi connectivity index (χ0n) is 22.5. The second kappa shape index (κ2) is 11.7. The fourth-order valence-corrected chi connectivity index (χ4v) is 5.64. The molecule has 0 aliphatic carbocycles. The molecule has 208 valence electrons. The molecule has 4 rings (SSSR count). The summed E-state index contributed by atoms with van der Waals surface area (Å²) in [5.41, 5.74) is 3.94. The van der Waals surface area contributed by atoms with E-state index in [9.17, 15) is 19.2 Å². The van der Waals surface area contributed by atoms with Crippen molar-refractivity contribution in [1.29, 1.82) is 0 Å². The summed E-state index contributed by atoms with van der Waals surface area (Å²) < 4.78 is 18.3. The van der Waals surface area contributed by atoms with Gasteiger partial charge in [-0.1, -0.05) is 23.9 Å². The number of carboxylic acids is 1. The van der Waals surface area contributed by atoms with Crippen molar-refractivity contribution in [3.63, 3.8) is 0 Å². The van der Waals surface area contributed by atoms with Crippen molar-refractivity contribution in [2.45, 2.75) is 77.1 Å². The third kappa shape index (κ3) is 6.73. The van der Waals surface area contributed by atoms with Gasteiger partial charge in [0.15, 0.2) is 0 Å². The Labute approximate surface area is 231 Å². The van der Waals surface area contributed by atoms with E-state index < -0.39 is 22.8 Å². The normalized spacial score (nSPS) is 20.2. The summed E-state index contributed by atoms with van der Waals surface area (Å²) in [5.74, 6) is 0.353. The van der Waals surface area contributed by atoms with Gasteiger partial charge in [0.05, 0.1) is 5.25 Å². The number of fused-ring (bicyclic) bond motifs is 1. The molecule has 39 heavy (non-hydrogen) atoms. The van der Waals surface area contributed by atoms with Crippen molar-refractivity contribution >= 4 is 34.8 Å². The molecule has 9 nitrogen and oxygen atoms in total. The van der Waals surface area contributed by atoms with E-state index in [0.29, 0.717) is 30.9 Å². The summed E-state index contributed by atoms with van der Waals surface area (Å²) in [7, 11) is 0. The molecule has 2 aromatic rings. The molecule has 2 amide bonds. The number of rotatable bonds is 10. The lowest BCUT2D eigenvalue weighted by atomic mass is 9.87. The van der Waals surface area contributed by atoms with Crippen LogP contribution in [-0.2, 0) is 27.2 Å². The lowest BCUT2D eigenvalue weighted by Crippen LogP contribution is -2.42. The zero-order chi connectivity index (χ0) is 28.3. The molecule has 2 unspecified atom stereocenters. The molecule has 0 saturated carbocycles. The summed E-state index contributed by atoms with van der Waals surface area (Å²) >= 11 is 1.01. The van der Waals surface area contributed by atoms with Crippen LogP contribution in [0.4, 0.5) is 4.79 Å². The Morgan fingerprint density at radius 1 is 1.10 bits per heavy atom. The number of carboxylic acid groups (broad SMARTS) is 1. The van der Waals surface area contributed by atoms with Crippen LogP contribution in [0.2, 0.25) is 0 Å². The lowest BCUT2D eigenvalue weighted by molar-refractivity contribution is -0.137. The molecule has 1 fully saturated rings. The van der Waals surface area contributed by atoms with Crippen molar-refractivity contribution in [2.24, 2.45) is 0 Å². The quantitative estimate of drug-likeness (QED) is 0.313. The van der Waals surface area contributed by atoms with E-state index in [1.165, 1.54) is 0 Å². The molecule has 2 atom stereocenters. The smallest absolute Gasteiger partial charge is 0.311 e. The maximum Gasteiger partial charge on any atom is 0.311 e. The van der Waals surface area contributed by atoms with Gasteiger partial charge in [0.25, 0.3) is 5.24 Å². The zero-order valence-corrected chi connectivity index (χ0v) is 23.4. The first-order chi connectivity index (χ1) is 18.5. The van der Waals surface area contributed by atoms with Crippen molar-refractivity contribution < 1.29 is 38.5 Å². The van der Waals surface area contributed by atoms with Gasteiger partial charge in [-0.3, -0.25) is 24.5 Å². The topological polar surface area (TPSA) is 128 Å². The SMILES string of the molecule is Cc1c(C)c2c(c(C)c1OC(=O)CCCC(=O)O)CCC(C)(COc1ccc(CC3SC(=O)NC3=O)cc1)O2. The van der Waals surface area contributed by atoms with Crippen molar-refractivity contribution in [1.82, 2.24) is 5.32 Å². The van der Waals surface area contributed by atoms with Gasteiger partial charge >= 0.3 is 11.9 Å². The van der Waals surface area contributed by atoms with Gasteiger partial charge in [-0.25, -0.2) is 0 Å². The number of thioether (sulfide) groups is 1. The highest BCUT2D eigenvalue weighted by molar-refractivity contribution is 8.15. The Kier molecular flexibility index (Phi) is 8.54. The number of imide groups is 1. The second-order valence-electron chi connectivity index (χ2n) is 10.3. The summed E-state index contributed by atoms with van der Waals surface area (Å²) in [6.07, 6.45) is 2.11. The van der Waals surface area contributed by atoms with E-state index in [0.717, 1.165) is 51.7 Å². The average molecular weight is 556 g/mol. The van der Waals surface area contributed by atoms with Gasteiger partial charge in [0, 0.05) is 18.4 Å². The Balaban J connectivity index is 1.39. The van der Waals surface area contributed by atoms with E-state index in [1.807, 2.05) is 52.0 Å². The Morgan fingerprint density at radius 3 is 2.46 bits per heavy atom. The van der Waals surface area contributed by atoms with Crippen LogP contribution >= 0.6 is 11.8 Å². The van der Waals surface area contributed by atoms with Crippen LogP contribution < -0.4 is 19.5 Å². The van der Waals surface area contributed by atoms with Gasteiger partial charge in [0.1, 0.15) is 29.5 Å². The number of hydrogen-bond acceptors (Lipinski definition) is 8. The Morgan fingerprint density at radius 2 is 1.82 bits per heavy atom. The predicted octanol–water partition coefficient (Wildman–Crippen LogP) is 4.83. The van der Waals surface area contributed by atoms with Crippen LogP contribution in [0.1, 0.15) is 60.4 Å². The number of amides is 2. The third-order valence-corrected chi connectivity index (χ3v) is 8.19. The van der Waals surface area contributed by atoms with E-state index in [4.69, 9.17) is 19.3 Å². The number of carbonyl (C=O) groups is 4. The highest BCUT2D eigenvalue weighted by Gasteiger charge is 2.36. The fraction of sp³-hybridized carbons (Fsp3) is 0.448. The molecule has 2 aliphatic rings. The van der Waals surface area contributed by atoms with Gasteiger partial charge in [-0.2, -0.15) is 0 Å². The summed E-state index contributed by atoms with van der Waals surface area (Å²) in [5, 5.41) is 10.4. The first kappa shape index (κ1) is 28.5. The number of esters is 1. The molecule has 0 bridgehead atoms. The molecular weight excluding hydrogens is 522 g/mol. The molecule has 2 N–H and O–H groups in total. The number of benzene rings is 2. The van der Waals surface area contributed by atoms with E-state index in [-0.39, 0.29) is 30.4 Å². The highest BCUT2D eigenvalue weighted by Crippen LogP contribution is 2.44. The Bertz CT molecular complexity index is 1310. The maximum absolute atomic E-state index is 12.3. The number of aliphatic carboxylic acids is 1. The van der Waals surface area contributed by atoms with Crippen LogP contribution in [0, 0.1) is 20.8 Å². The van der Waals surface area contributed by atoms with Gasteiger partial charge in [-0.05, 0) is 87.8 Å². The van der Waals surface area contributed by atoms with Crippen LogP contribution in [0.5, 0.6) is 17.2 Å². The first-order valence-electron chi connectivity index (χ1n) is 12.9. The van der Waals surface area contributed by atoms with E-state index in [1.54, 1.807) is 0 Å². The maximum atomic E-state index is 12.3. The monoisotopic (exact) mass is 555 g/mol. The van der Waals surface area contributed by atoms with Crippen molar-refractivity contribution in [3.8, 4) is 17.2 Å². The number of hydrogen-bond donors (Lipinski definition) is 2. The predicted molar refractivity (Wildman–Crippen MR) is 146 cm³/mol. The minimum atomic E-state index is -0.936. The van der Waals surface area contributed by atoms with Crippen LogP contribution in [0.25, 0.3) is 0 Å². The molecule has 1 saturated heterocycles. The van der Waals surface area contributed by atoms with Gasteiger partial charge in [-0.15, -0.1) is 0 Å². The number of nitrogens with one attached hydrogen (secondary N) is 1. The highest BCUT2D eigenvalue weighted by atomic mass is 32.2. The molecule has 2 heterocycles. The summed E-state index contributed by atoms with van der Waals surface area (Å²) in [6, 6.07) is 7.50. The van der Waals surface area contributed by atoms with Crippen LogP contribution in [-0.4, -0.2) is 45.6 Å². The molecular formula is C29H33NO8S. The van der Waals surface area contributed by atoms with Crippen molar-refractivity contribution in [3.05, 3.63) is 52.1 Å². The van der Waals surface area contributed by atoms with Crippen LogP contribution in [0.15, 0.2) is 24.3 Å². The van der Waals surface area contributed by atoms with E-state index in [2.05, 4.69) is 5.32 Å². The first-order valence-corrected chi connectivity index (χ1v) is 13.8. The molecule has 2 aromatic carbocycles. The third-order valence-electron chi connectivity index (χ3n) is 7.21. The van der Waals surface area contributed by atoms with Crippen LogP contribution in [0.3, 0.4) is 0 Å². The van der Waals surface area contributed by atoms with Gasteiger partial charge in [0.2, 0.25) is 5.91 Å². The number of carbonyl (C=O) groups excluding carboxylic acids is 3. The summed E-state index contributed by atoms with van der Waals surface area (Å²) in [6.45, 7) is 8.09. The summed E-state index contributed by atoms with van der Waals surface area (Å²) in [4.78, 5) is 46.3. The fourth-order valence-electron chi connectivity index (χ4n) is 4.78. The standard InChI is InChI=1S/C29H33NO8S/c1-16-17(2)26-21(18(3)25(16)37-24(33)7-5-6-23(31)32)12-13-29(4,38-26)15-36-20-10-8-19(9-11-20)14-22-27(34)30-28(35)39-22/h8-11,22H,5-7,12-15H2,1-4H3,(H,31,32)(H,30,34,35).